The van der Waals surface area contributed by atoms with E-state index in [9.17, 15) is 9.59 Å². The number of nitrogens with one attached hydrogen (secondary N) is 2. The monoisotopic (exact) mass is 347 g/mol. The molecule has 0 spiro atoms. The molecule has 1 amide bonds. The summed E-state index contributed by atoms with van der Waals surface area (Å²) in [6, 6.07) is 10.7. The highest BCUT2D eigenvalue weighted by Crippen LogP contribution is 2.14. The Bertz CT molecular complexity index is 893. The van der Waals surface area contributed by atoms with E-state index in [4.69, 9.17) is 0 Å². The van der Waals surface area contributed by atoms with E-state index in [2.05, 4.69) is 25.6 Å². The number of hydrogen-bond acceptors (Lipinski definition) is 6. The molecule has 0 saturated carbocycles. The molecule has 0 unspecified atom stereocenters. The molecule has 26 heavy (non-hydrogen) atoms. The fourth-order valence-corrected chi connectivity index (χ4v) is 2.21. The minimum absolute atomic E-state index is 0.00875. The Morgan fingerprint density at radius 1 is 0.962 bits per heavy atom. The zero-order chi connectivity index (χ0) is 18.4. The molecule has 0 radical (unpaired) electrons. The van der Waals surface area contributed by atoms with Crippen LogP contribution in [0, 0.1) is 0 Å². The van der Waals surface area contributed by atoms with Gasteiger partial charge in [0.05, 0.1) is 5.56 Å². The van der Waals surface area contributed by atoms with Crippen LogP contribution in [0.1, 0.15) is 33.2 Å². The lowest BCUT2D eigenvalue weighted by Gasteiger charge is -2.07. The Kier molecular flexibility index (Phi) is 5.28. The van der Waals surface area contributed by atoms with Gasteiger partial charge >= 0.3 is 0 Å². The van der Waals surface area contributed by atoms with Gasteiger partial charge in [-0.3, -0.25) is 14.6 Å². The topological polar surface area (TPSA) is 96.9 Å². The first-order valence-corrected chi connectivity index (χ1v) is 7.99. The van der Waals surface area contributed by atoms with Crippen molar-refractivity contribution in [3.8, 4) is 0 Å². The minimum atomic E-state index is -0.258. The van der Waals surface area contributed by atoms with Crippen LogP contribution in [0.4, 0.5) is 11.6 Å². The molecular weight excluding hydrogens is 330 g/mol. The molecule has 7 heteroatoms. The van der Waals surface area contributed by atoms with Crippen molar-refractivity contribution >= 4 is 23.3 Å². The quantitative estimate of drug-likeness (QED) is 0.666. The normalized spacial score (nSPS) is 10.2. The molecular formula is C19H17N5O2. The van der Waals surface area contributed by atoms with Crippen molar-refractivity contribution in [2.45, 2.75) is 13.5 Å². The van der Waals surface area contributed by atoms with E-state index in [-0.39, 0.29) is 11.7 Å². The van der Waals surface area contributed by atoms with E-state index < -0.39 is 0 Å². The van der Waals surface area contributed by atoms with Crippen LogP contribution >= 0.6 is 0 Å². The molecule has 0 bridgehead atoms. The average Bonchev–Trinajstić information content (AvgIpc) is 2.68. The highest BCUT2D eigenvalue weighted by atomic mass is 16.1. The summed E-state index contributed by atoms with van der Waals surface area (Å²) in [5, 5.41) is 5.81. The lowest BCUT2D eigenvalue weighted by atomic mass is 10.1. The van der Waals surface area contributed by atoms with E-state index in [1.54, 1.807) is 36.7 Å². The first-order chi connectivity index (χ1) is 12.6. The van der Waals surface area contributed by atoms with E-state index in [0.717, 1.165) is 11.3 Å². The Morgan fingerprint density at radius 2 is 1.69 bits per heavy atom. The van der Waals surface area contributed by atoms with Crippen molar-refractivity contribution in [1.29, 1.82) is 0 Å². The summed E-state index contributed by atoms with van der Waals surface area (Å²) in [4.78, 5) is 35.7. The van der Waals surface area contributed by atoms with Crippen LogP contribution in [0.5, 0.6) is 0 Å². The molecule has 2 heterocycles. The van der Waals surface area contributed by atoms with Crippen molar-refractivity contribution in [3.05, 3.63) is 77.9 Å². The summed E-state index contributed by atoms with van der Waals surface area (Å²) in [5.41, 5.74) is 2.67. The number of carbonyl (C=O) groups is 2. The molecule has 2 N–H and O–H groups in total. The van der Waals surface area contributed by atoms with Gasteiger partial charge in [-0.25, -0.2) is 9.97 Å². The van der Waals surface area contributed by atoms with Crippen LogP contribution in [0.3, 0.4) is 0 Å². The van der Waals surface area contributed by atoms with Gasteiger partial charge in [0.15, 0.2) is 5.78 Å². The first kappa shape index (κ1) is 17.2. The fourth-order valence-electron chi connectivity index (χ4n) is 2.21. The largest absolute Gasteiger partial charge is 0.348 e. The highest BCUT2D eigenvalue weighted by Gasteiger charge is 2.07. The molecule has 0 saturated heterocycles. The Hall–Kier alpha value is -3.61. The third-order valence-electron chi connectivity index (χ3n) is 3.64. The molecule has 2 aromatic heterocycles. The van der Waals surface area contributed by atoms with E-state index in [1.807, 2.05) is 12.1 Å². The molecule has 0 aliphatic carbocycles. The molecule has 7 nitrogen and oxygen atoms in total. The van der Waals surface area contributed by atoms with E-state index >= 15 is 0 Å². The maximum Gasteiger partial charge on any atom is 0.254 e. The molecule has 0 aliphatic rings. The van der Waals surface area contributed by atoms with Gasteiger partial charge in [-0.2, -0.15) is 0 Å². The van der Waals surface area contributed by atoms with Gasteiger partial charge in [-0.15, -0.1) is 0 Å². The summed E-state index contributed by atoms with van der Waals surface area (Å²) in [6.45, 7) is 1.90. The highest BCUT2D eigenvalue weighted by molar-refractivity contribution is 5.94. The lowest BCUT2D eigenvalue weighted by molar-refractivity contribution is 0.0949. The Labute approximate surface area is 150 Å². The number of benzene rings is 1. The number of carbonyl (C=O) groups excluding carboxylic acids is 2. The predicted octanol–water partition coefficient (Wildman–Crippen LogP) is 2.75. The van der Waals surface area contributed by atoms with Crippen molar-refractivity contribution in [2.75, 3.05) is 5.32 Å². The molecule has 3 aromatic rings. The summed E-state index contributed by atoms with van der Waals surface area (Å²) < 4.78 is 0. The maximum absolute atomic E-state index is 12.1. The fraction of sp³-hybridized carbons (Fsp3) is 0.105. The van der Waals surface area contributed by atoms with Crippen LogP contribution in [-0.2, 0) is 6.54 Å². The zero-order valence-electron chi connectivity index (χ0n) is 14.1. The maximum atomic E-state index is 12.1. The average molecular weight is 347 g/mol. The van der Waals surface area contributed by atoms with Gasteiger partial charge in [0.25, 0.3) is 5.91 Å². The number of pyridine rings is 1. The van der Waals surface area contributed by atoms with Gasteiger partial charge in [-0.05, 0) is 42.8 Å². The van der Waals surface area contributed by atoms with Crippen molar-refractivity contribution in [3.63, 3.8) is 0 Å². The minimum Gasteiger partial charge on any atom is -0.348 e. The van der Waals surface area contributed by atoms with Crippen LogP contribution < -0.4 is 10.6 Å². The molecule has 3 rings (SSSR count). The molecule has 130 valence electrons. The predicted molar refractivity (Wildman–Crippen MR) is 97.2 cm³/mol. The van der Waals surface area contributed by atoms with Gasteiger partial charge in [0.1, 0.15) is 0 Å². The number of hydrogen-bond donors (Lipinski definition) is 2. The van der Waals surface area contributed by atoms with Crippen molar-refractivity contribution in [1.82, 2.24) is 20.3 Å². The molecule has 0 atom stereocenters. The van der Waals surface area contributed by atoms with Crippen molar-refractivity contribution in [2.24, 2.45) is 0 Å². The molecule has 1 aromatic carbocycles. The second-order valence-corrected chi connectivity index (χ2v) is 5.60. The van der Waals surface area contributed by atoms with Crippen LogP contribution in [0.25, 0.3) is 0 Å². The third kappa shape index (κ3) is 4.47. The van der Waals surface area contributed by atoms with Crippen molar-refractivity contribution < 1.29 is 9.59 Å². The summed E-state index contributed by atoms with van der Waals surface area (Å²) in [5.74, 6) is 0.116. The second-order valence-electron chi connectivity index (χ2n) is 5.60. The number of ketones is 1. The zero-order valence-corrected chi connectivity index (χ0v) is 14.1. The lowest BCUT2D eigenvalue weighted by Crippen LogP contribution is -2.23. The molecule has 0 aliphatic heterocycles. The smallest absolute Gasteiger partial charge is 0.254 e. The van der Waals surface area contributed by atoms with Gasteiger partial charge in [-0.1, -0.05) is 6.07 Å². The number of amides is 1. The number of aromatic nitrogens is 3. The Morgan fingerprint density at radius 3 is 2.31 bits per heavy atom. The standard InChI is InChI=1S/C19H17N5O2/c1-13(25)15-4-6-17(7-5-15)24-19-22-11-16(12-23-19)18(26)21-10-14-3-2-8-20-9-14/h2-9,11-12H,10H2,1H3,(H,21,26)(H,22,23,24). The number of nitrogens with zero attached hydrogens (tertiary/aromatic N) is 3. The first-order valence-electron chi connectivity index (χ1n) is 7.99. The van der Waals surface area contributed by atoms with E-state index in [1.165, 1.54) is 19.3 Å². The van der Waals surface area contributed by atoms with Crippen LogP contribution in [-0.4, -0.2) is 26.6 Å². The van der Waals surface area contributed by atoms with Gasteiger partial charge in [0.2, 0.25) is 5.95 Å². The number of Topliss-reactive ketones (excluding diaryl/α,β-unsaturated/α-hetero) is 1. The SMILES string of the molecule is CC(=O)c1ccc(Nc2ncc(C(=O)NCc3cccnc3)cn2)cc1. The van der Waals surface area contributed by atoms with Gasteiger partial charge < -0.3 is 10.6 Å². The second kappa shape index (κ2) is 7.98. The third-order valence-corrected chi connectivity index (χ3v) is 3.64. The van der Waals surface area contributed by atoms with E-state index in [0.29, 0.717) is 23.6 Å². The van der Waals surface area contributed by atoms with Crippen LogP contribution in [0.2, 0.25) is 0 Å². The summed E-state index contributed by atoms with van der Waals surface area (Å²) in [6.07, 6.45) is 6.29. The number of rotatable bonds is 6. The summed E-state index contributed by atoms with van der Waals surface area (Å²) >= 11 is 0. The molecule has 0 fully saturated rings. The summed E-state index contributed by atoms with van der Waals surface area (Å²) in [7, 11) is 0. The van der Waals surface area contributed by atoms with Gasteiger partial charge in [0, 0.05) is 42.6 Å². The number of anilines is 2. The van der Waals surface area contributed by atoms with Crippen LogP contribution in [0.15, 0.2) is 61.2 Å². The Balaban J connectivity index is 1.59.